The average Bonchev–Trinajstić information content (AvgIpc) is 3.03. The molecule has 0 aromatic heterocycles. The summed E-state index contributed by atoms with van der Waals surface area (Å²) in [6.07, 6.45) is 3.46. The van der Waals surface area contributed by atoms with Crippen molar-refractivity contribution in [1.29, 1.82) is 0 Å². The lowest BCUT2D eigenvalue weighted by atomic mass is 10.0. The SMILES string of the molecule is CC1Cc2ccccc2C1NCC(O)CN1CCCC1. The summed E-state index contributed by atoms with van der Waals surface area (Å²) in [5, 5.41) is 13.8. The molecule has 0 saturated carbocycles. The first-order valence-electron chi connectivity index (χ1n) is 7.95. The Labute approximate surface area is 122 Å². The lowest BCUT2D eigenvalue weighted by Gasteiger charge is -2.23. The summed E-state index contributed by atoms with van der Waals surface area (Å²) in [6.45, 7) is 6.11. The van der Waals surface area contributed by atoms with Crippen molar-refractivity contribution in [2.45, 2.75) is 38.3 Å². The molecule has 0 amide bonds. The van der Waals surface area contributed by atoms with Crippen LogP contribution in [0, 0.1) is 5.92 Å². The zero-order valence-corrected chi connectivity index (χ0v) is 12.4. The molecule has 0 bridgehead atoms. The fourth-order valence-electron chi connectivity index (χ4n) is 3.70. The van der Waals surface area contributed by atoms with Gasteiger partial charge in [0, 0.05) is 19.1 Å². The Hall–Kier alpha value is -0.900. The number of hydrogen-bond acceptors (Lipinski definition) is 3. The molecule has 1 fully saturated rings. The molecule has 1 aromatic rings. The van der Waals surface area contributed by atoms with Gasteiger partial charge < -0.3 is 15.3 Å². The first-order valence-corrected chi connectivity index (χ1v) is 7.95. The fourth-order valence-corrected chi connectivity index (χ4v) is 3.70. The van der Waals surface area contributed by atoms with Crippen LogP contribution in [0.15, 0.2) is 24.3 Å². The van der Waals surface area contributed by atoms with Crippen molar-refractivity contribution in [2.24, 2.45) is 5.92 Å². The summed E-state index contributed by atoms with van der Waals surface area (Å²) >= 11 is 0. The number of fused-ring (bicyclic) bond motifs is 1. The number of β-amino-alcohol motifs (C(OH)–C–C–N with tert-alkyl or cyclic N) is 1. The Morgan fingerprint density at radius 1 is 1.30 bits per heavy atom. The van der Waals surface area contributed by atoms with Crippen LogP contribution >= 0.6 is 0 Å². The van der Waals surface area contributed by atoms with E-state index in [1.54, 1.807) is 0 Å². The molecule has 110 valence electrons. The summed E-state index contributed by atoms with van der Waals surface area (Å²) in [6, 6.07) is 9.10. The van der Waals surface area contributed by atoms with E-state index in [0.29, 0.717) is 18.5 Å². The van der Waals surface area contributed by atoms with Crippen molar-refractivity contribution in [2.75, 3.05) is 26.2 Å². The second kappa shape index (κ2) is 6.25. The van der Waals surface area contributed by atoms with E-state index in [1.807, 2.05) is 0 Å². The lowest BCUT2D eigenvalue weighted by Crippen LogP contribution is -2.39. The largest absolute Gasteiger partial charge is 0.390 e. The smallest absolute Gasteiger partial charge is 0.0791 e. The van der Waals surface area contributed by atoms with Crippen LogP contribution in [0.3, 0.4) is 0 Å². The Kier molecular flexibility index (Phi) is 4.39. The molecule has 3 atom stereocenters. The van der Waals surface area contributed by atoms with Gasteiger partial charge in [-0.05, 0) is 49.4 Å². The van der Waals surface area contributed by atoms with Gasteiger partial charge in [0.15, 0.2) is 0 Å². The third-order valence-electron chi connectivity index (χ3n) is 4.74. The zero-order chi connectivity index (χ0) is 13.9. The highest BCUT2D eigenvalue weighted by Gasteiger charge is 2.29. The molecule has 2 N–H and O–H groups in total. The van der Waals surface area contributed by atoms with E-state index in [1.165, 1.54) is 24.0 Å². The quantitative estimate of drug-likeness (QED) is 0.861. The van der Waals surface area contributed by atoms with E-state index in [9.17, 15) is 5.11 Å². The molecule has 1 aliphatic carbocycles. The average molecular weight is 274 g/mol. The highest BCUT2D eigenvalue weighted by Crippen LogP contribution is 2.35. The highest BCUT2D eigenvalue weighted by molar-refractivity contribution is 5.35. The second-order valence-electron chi connectivity index (χ2n) is 6.43. The number of rotatable bonds is 5. The third-order valence-corrected chi connectivity index (χ3v) is 4.74. The van der Waals surface area contributed by atoms with Gasteiger partial charge in [-0.15, -0.1) is 0 Å². The van der Waals surface area contributed by atoms with Crippen LogP contribution in [0.4, 0.5) is 0 Å². The molecule has 3 rings (SSSR count). The van der Waals surface area contributed by atoms with Gasteiger partial charge in [0.2, 0.25) is 0 Å². The van der Waals surface area contributed by atoms with Crippen molar-refractivity contribution in [3.63, 3.8) is 0 Å². The number of hydrogen-bond donors (Lipinski definition) is 2. The van der Waals surface area contributed by atoms with Crippen LogP contribution < -0.4 is 5.32 Å². The first-order chi connectivity index (χ1) is 9.74. The van der Waals surface area contributed by atoms with Gasteiger partial charge in [-0.1, -0.05) is 31.2 Å². The van der Waals surface area contributed by atoms with Gasteiger partial charge in [0.25, 0.3) is 0 Å². The van der Waals surface area contributed by atoms with Crippen molar-refractivity contribution >= 4 is 0 Å². The summed E-state index contributed by atoms with van der Waals surface area (Å²) < 4.78 is 0. The zero-order valence-electron chi connectivity index (χ0n) is 12.4. The predicted molar refractivity (Wildman–Crippen MR) is 81.7 cm³/mol. The Bertz CT molecular complexity index is 442. The Balaban J connectivity index is 1.53. The van der Waals surface area contributed by atoms with E-state index < -0.39 is 0 Å². The van der Waals surface area contributed by atoms with Gasteiger partial charge in [-0.25, -0.2) is 0 Å². The van der Waals surface area contributed by atoms with Crippen LogP contribution in [0.2, 0.25) is 0 Å². The fraction of sp³-hybridized carbons (Fsp3) is 0.647. The number of aliphatic hydroxyl groups is 1. The van der Waals surface area contributed by atoms with Gasteiger partial charge in [0.05, 0.1) is 6.10 Å². The second-order valence-corrected chi connectivity index (χ2v) is 6.43. The van der Waals surface area contributed by atoms with Crippen molar-refractivity contribution in [3.8, 4) is 0 Å². The minimum absolute atomic E-state index is 0.256. The van der Waals surface area contributed by atoms with Crippen molar-refractivity contribution in [1.82, 2.24) is 10.2 Å². The van der Waals surface area contributed by atoms with E-state index in [4.69, 9.17) is 0 Å². The molecule has 1 saturated heterocycles. The van der Waals surface area contributed by atoms with Crippen LogP contribution in [0.25, 0.3) is 0 Å². The van der Waals surface area contributed by atoms with Crippen molar-refractivity contribution in [3.05, 3.63) is 35.4 Å². The molecule has 3 nitrogen and oxygen atoms in total. The van der Waals surface area contributed by atoms with E-state index in [0.717, 1.165) is 26.1 Å². The maximum atomic E-state index is 10.2. The Morgan fingerprint density at radius 3 is 2.85 bits per heavy atom. The molecule has 2 aliphatic rings. The normalized spacial score (nSPS) is 27.7. The number of likely N-dealkylation sites (tertiary alicyclic amines) is 1. The molecular formula is C17H26N2O. The van der Waals surface area contributed by atoms with E-state index >= 15 is 0 Å². The number of nitrogens with one attached hydrogen (secondary N) is 1. The van der Waals surface area contributed by atoms with Crippen molar-refractivity contribution < 1.29 is 5.11 Å². The van der Waals surface area contributed by atoms with Crippen LogP contribution in [-0.4, -0.2) is 42.3 Å². The summed E-state index contributed by atoms with van der Waals surface area (Å²) in [7, 11) is 0. The van der Waals surface area contributed by atoms with Gasteiger partial charge >= 0.3 is 0 Å². The molecule has 1 aliphatic heterocycles. The van der Waals surface area contributed by atoms with Gasteiger partial charge in [0.1, 0.15) is 0 Å². The summed E-state index contributed by atoms with van der Waals surface area (Å²) in [4.78, 5) is 2.37. The monoisotopic (exact) mass is 274 g/mol. The standard InChI is InChI=1S/C17H26N2O/c1-13-10-14-6-2-3-7-16(14)17(13)18-11-15(20)12-19-8-4-5-9-19/h2-3,6-7,13,15,17-18,20H,4-5,8-12H2,1H3. The van der Waals surface area contributed by atoms with E-state index in [2.05, 4.69) is 41.4 Å². The molecule has 0 radical (unpaired) electrons. The minimum Gasteiger partial charge on any atom is -0.390 e. The highest BCUT2D eigenvalue weighted by atomic mass is 16.3. The molecule has 3 heteroatoms. The number of aliphatic hydroxyl groups excluding tert-OH is 1. The van der Waals surface area contributed by atoms with Crippen LogP contribution in [-0.2, 0) is 6.42 Å². The molecule has 20 heavy (non-hydrogen) atoms. The lowest BCUT2D eigenvalue weighted by molar-refractivity contribution is 0.118. The van der Waals surface area contributed by atoms with Gasteiger partial charge in [-0.3, -0.25) is 0 Å². The molecule has 0 spiro atoms. The first kappa shape index (κ1) is 14.1. The van der Waals surface area contributed by atoms with E-state index in [-0.39, 0.29) is 6.10 Å². The molecule has 1 aromatic carbocycles. The molecule has 1 heterocycles. The van der Waals surface area contributed by atoms with Crippen LogP contribution in [0.1, 0.15) is 36.9 Å². The minimum atomic E-state index is -0.256. The maximum absolute atomic E-state index is 10.2. The topological polar surface area (TPSA) is 35.5 Å². The number of nitrogens with zero attached hydrogens (tertiary/aromatic N) is 1. The number of benzene rings is 1. The summed E-state index contributed by atoms with van der Waals surface area (Å²) in [5.74, 6) is 0.617. The Morgan fingerprint density at radius 2 is 2.05 bits per heavy atom. The summed E-state index contributed by atoms with van der Waals surface area (Å²) in [5.41, 5.74) is 2.89. The van der Waals surface area contributed by atoms with Crippen LogP contribution in [0.5, 0.6) is 0 Å². The predicted octanol–water partition coefficient (Wildman–Crippen LogP) is 1.97. The maximum Gasteiger partial charge on any atom is 0.0791 e. The molecule has 3 unspecified atom stereocenters. The van der Waals surface area contributed by atoms with Gasteiger partial charge in [-0.2, -0.15) is 0 Å². The molecular weight excluding hydrogens is 248 g/mol. The third kappa shape index (κ3) is 3.05.